The number of imidazole rings is 1. The average Bonchev–Trinajstić information content (AvgIpc) is 2.84. The maximum absolute atomic E-state index is 6.03. The van der Waals surface area contributed by atoms with Crippen molar-refractivity contribution < 1.29 is 0 Å². The normalized spacial score (nSPS) is 11.9. The summed E-state index contributed by atoms with van der Waals surface area (Å²) in [5.74, 6) is 0.931. The second-order valence-corrected chi connectivity index (χ2v) is 5.97. The summed E-state index contributed by atoms with van der Waals surface area (Å²) in [4.78, 5) is 7.78. The summed E-state index contributed by atoms with van der Waals surface area (Å²) in [5, 5.41) is 2.49. The molecular formula is C17H19N3. The molecule has 1 heterocycles. The average molecular weight is 265 g/mol. The van der Waals surface area contributed by atoms with E-state index in [0.717, 1.165) is 23.5 Å². The second kappa shape index (κ2) is 4.76. The van der Waals surface area contributed by atoms with Crippen molar-refractivity contribution in [3.05, 3.63) is 54.5 Å². The molecule has 0 aliphatic rings. The molecule has 0 aliphatic carbocycles. The van der Waals surface area contributed by atoms with E-state index in [1.807, 2.05) is 20.0 Å². The Morgan fingerprint density at radius 2 is 1.85 bits per heavy atom. The quantitative estimate of drug-likeness (QED) is 0.761. The van der Waals surface area contributed by atoms with E-state index in [9.17, 15) is 0 Å². The highest BCUT2D eigenvalue weighted by Gasteiger charge is 2.14. The van der Waals surface area contributed by atoms with Gasteiger partial charge in [-0.05, 0) is 30.7 Å². The maximum Gasteiger partial charge on any atom is 0.108 e. The van der Waals surface area contributed by atoms with Crippen molar-refractivity contribution in [2.75, 3.05) is 0 Å². The van der Waals surface area contributed by atoms with E-state index in [0.29, 0.717) is 0 Å². The lowest BCUT2D eigenvalue weighted by atomic mass is 10.0. The van der Waals surface area contributed by atoms with Crippen LogP contribution in [0.2, 0.25) is 0 Å². The third kappa shape index (κ3) is 2.73. The highest BCUT2D eigenvalue weighted by Crippen LogP contribution is 2.23. The molecule has 0 spiro atoms. The molecule has 102 valence electrons. The molecular weight excluding hydrogens is 246 g/mol. The Morgan fingerprint density at radius 1 is 1.10 bits per heavy atom. The van der Waals surface area contributed by atoms with Gasteiger partial charge in [-0.2, -0.15) is 0 Å². The Bertz CT molecular complexity index is 735. The number of benzene rings is 2. The van der Waals surface area contributed by atoms with Crippen LogP contribution in [0.3, 0.4) is 0 Å². The molecule has 3 nitrogen and oxygen atoms in total. The number of nitrogens with two attached hydrogens (primary N) is 1. The van der Waals surface area contributed by atoms with Gasteiger partial charge in [-0.15, -0.1) is 0 Å². The van der Waals surface area contributed by atoms with Gasteiger partial charge in [0.15, 0.2) is 0 Å². The van der Waals surface area contributed by atoms with Crippen LogP contribution >= 0.6 is 0 Å². The number of fused-ring (bicyclic) bond motifs is 1. The monoisotopic (exact) mass is 265 g/mol. The van der Waals surface area contributed by atoms with Gasteiger partial charge in [0.05, 0.1) is 11.9 Å². The van der Waals surface area contributed by atoms with Gasteiger partial charge in [0.2, 0.25) is 0 Å². The zero-order valence-corrected chi connectivity index (χ0v) is 11.9. The standard InChI is InChI=1S/C17H19N3/c1-17(2,18)10-16-19-11-15(20-16)14-8-7-12-5-3-4-6-13(12)9-14/h3-9,11H,10,18H2,1-2H3,(H,19,20). The first-order valence-electron chi connectivity index (χ1n) is 6.83. The second-order valence-electron chi connectivity index (χ2n) is 5.97. The lowest BCUT2D eigenvalue weighted by Gasteiger charge is -2.15. The SMILES string of the molecule is CC(C)(N)Cc1ncc(-c2ccc3ccccc3c2)[nH]1. The van der Waals surface area contributed by atoms with Crippen LogP contribution in [-0.2, 0) is 6.42 Å². The fourth-order valence-corrected chi connectivity index (χ4v) is 2.39. The van der Waals surface area contributed by atoms with Crippen LogP contribution < -0.4 is 5.73 Å². The Hall–Kier alpha value is -2.13. The minimum absolute atomic E-state index is 0.251. The van der Waals surface area contributed by atoms with Crippen LogP contribution in [0.15, 0.2) is 48.7 Å². The molecule has 0 saturated carbocycles. The van der Waals surface area contributed by atoms with Crippen molar-refractivity contribution in [2.45, 2.75) is 25.8 Å². The summed E-state index contributed by atoms with van der Waals surface area (Å²) in [6, 6.07) is 14.8. The molecule has 0 bridgehead atoms. The van der Waals surface area contributed by atoms with Crippen molar-refractivity contribution >= 4 is 10.8 Å². The summed E-state index contributed by atoms with van der Waals surface area (Å²) < 4.78 is 0. The van der Waals surface area contributed by atoms with Crippen LogP contribution in [0.25, 0.3) is 22.0 Å². The Kier molecular flexibility index (Phi) is 3.07. The third-order valence-corrected chi connectivity index (χ3v) is 3.31. The maximum atomic E-state index is 6.03. The van der Waals surface area contributed by atoms with Gasteiger partial charge in [0, 0.05) is 17.5 Å². The van der Waals surface area contributed by atoms with Crippen molar-refractivity contribution in [1.82, 2.24) is 9.97 Å². The zero-order valence-electron chi connectivity index (χ0n) is 11.9. The van der Waals surface area contributed by atoms with E-state index in [2.05, 4.69) is 52.4 Å². The topological polar surface area (TPSA) is 54.7 Å². The van der Waals surface area contributed by atoms with E-state index in [4.69, 9.17) is 5.73 Å². The highest BCUT2D eigenvalue weighted by molar-refractivity contribution is 5.86. The number of hydrogen-bond acceptors (Lipinski definition) is 2. The van der Waals surface area contributed by atoms with Crippen molar-refractivity contribution in [1.29, 1.82) is 0 Å². The largest absolute Gasteiger partial charge is 0.342 e. The lowest BCUT2D eigenvalue weighted by Crippen LogP contribution is -2.34. The molecule has 20 heavy (non-hydrogen) atoms. The molecule has 1 aromatic heterocycles. The fourth-order valence-electron chi connectivity index (χ4n) is 2.39. The number of rotatable bonds is 3. The first kappa shape index (κ1) is 12.9. The Labute approximate surface area is 118 Å². The molecule has 0 saturated heterocycles. The van der Waals surface area contributed by atoms with Gasteiger partial charge < -0.3 is 10.7 Å². The first-order chi connectivity index (χ1) is 9.51. The predicted octanol–water partition coefficient (Wildman–Crippen LogP) is 3.51. The van der Waals surface area contributed by atoms with Gasteiger partial charge in [-0.3, -0.25) is 0 Å². The van der Waals surface area contributed by atoms with Crippen LogP contribution in [0, 0.1) is 0 Å². The van der Waals surface area contributed by atoms with Crippen LogP contribution in [0.4, 0.5) is 0 Å². The summed E-state index contributed by atoms with van der Waals surface area (Å²) in [7, 11) is 0. The molecule has 2 aromatic carbocycles. The van der Waals surface area contributed by atoms with Gasteiger partial charge in [-0.25, -0.2) is 4.98 Å². The highest BCUT2D eigenvalue weighted by atomic mass is 14.9. The number of hydrogen-bond donors (Lipinski definition) is 2. The molecule has 0 atom stereocenters. The van der Waals surface area contributed by atoms with E-state index >= 15 is 0 Å². The molecule has 0 unspecified atom stereocenters. The molecule has 3 N–H and O–H groups in total. The van der Waals surface area contributed by atoms with Crippen LogP contribution in [-0.4, -0.2) is 15.5 Å². The minimum atomic E-state index is -0.251. The minimum Gasteiger partial charge on any atom is -0.342 e. The van der Waals surface area contributed by atoms with E-state index in [1.165, 1.54) is 10.8 Å². The van der Waals surface area contributed by atoms with Crippen LogP contribution in [0.5, 0.6) is 0 Å². The van der Waals surface area contributed by atoms with Crippen molar-refractivity contribution in [3.63, 3.8) is 0 Å². The van der Waals surface area contributed by atoms with Gasteiger partial charge >= 0.3 is 0 Å². The van der Waals surface area contributed by atoms with Gasteiger partial charge in [0.25, 0.3) is 0 Å². The van der Waals surface area contributed by atoms with Crippen molar-refractivity contribution in [3.8, 4) is 11.3 Å². The summed E-state index contributed by atoms with van der Waals surface area (Å²) >= 11 is 0. The third-order valence-electron chi connectivity index (χ3n) is 3.31. The van der Waals surface area contributed by atoms with Gasteiger partial charge in [-0.1, -0.05) is 36.4 Å². The van der Waals surface area contributed by atoms with Crippen molar-refractivity contribution in [2.24, 2.45) is 5.73 Å². The Morgan fingerprint density at radius 3 is 2.60 bits per heavy atom. The fraction of sp³-hybridized carbons (Fsp3) is 0.235. The molecule has 3 rings (SSSR count). The summed E-state index contributed by atoms with van der Waals surface area (Å²) in [6.45, 7) is 4.01. The molecule has 0 amide bonds. The van der Waals surface area contributed by atoms with E-state index in [1.54, 1.807) is 0 Å². The molecule has 0 radical (unpaired) electrons. The Balaban J connectivity index is 1.95. The van der Waals surface area contributed by atoms with E-state index in [-0.39, 0.29) is 5.54 Å². The number of aromatic amines is 1. The number of nitrogens with zero attached hydrogens (tertiary/aromatic N) is 1. The smallest absolute Gasteiger partial charge is 0.108 e. The van der Waals surface area contributed by atoms with Gasteiger partial charge in [0.1, 0.15) is 5.82 Å². The summed E-state index contributed by atoms with van der Waals surface area (Å²) in [6.07, 6.45) is 2.62. The lowest BCUT2D eigenvalue weighted by molar-refractivity contribution is 0.505. The summed E-state index contributed by atoms with van der Waals surface area (Å²) in [5.41, 5.74) is 7.97. The van der Waals surface area contributed by atoms with E-state index < -0.39 is 0 Å². The molecule has 3 aromatic rings. The van der Waals surface area contributed by atoms with Crippen LogP contribution in [0.1, 0.15) is 19.7 Å². The molecule has 3 heteroatoms. The zero-order chi connectivity index (χ0) is 14.2. The predicted molar refractivity (Wildman–Crippen MR) is 83.5 cm³/mol. The first-order valence-corrected chi connectivity index (χ1v) is 6.83. The molecule has 0 fully saturated rings. The number of H-pyrrole nitrogens is 1. The number of nitrogens with one attached hydrogen (secondary N) is 1. The number of aromatic nitrogens is 2. The molecule has 0 aliphatic heterocycles.